The van der Waals surface area contributed by atoms with E-state index in [-0.39, 0.29) is 11.9 Å². The zero-order chi connectivity index (χ0) is 22.3. The third kappa shape index (κ3) is 5.26. The Morgan fingerprint density at radius 2 is 1.84 bits per heavy atom. The molecule has 0 aliphatic heterocycles. The lowest BCUT2D eigenvalue weighted by atomic mass is 10.1. The second-order valence-corrected chi connectivity index (χ2v) is 8.55. The summed E-state index contributed by atoms with van der Waals surface area (Å²) in [5.74, 6) is 0.125. The summed E-state index contributed by atoms with van der Waals surface area (Å²) >= 11 is 1.48. The molecule has 0 spiro atoms. The van der Waals surface area contributed by atoms with Crippen molar-refractivity contribution in [2.24, 2.45) is 0 Å². The molecule has 0 atom stereocenters. The number of benzene rings is 2. The summed E-state index contributed by atoms with van der Waals surface area (Å²) < 4.78 is 11.0. The fraction of sp³-hybridized carbons (Fsp3) is 0.231. The maximum Gasteiger partial charge on any atom is 0.341 e. The smallest absolute Gasteiger partial charge is 0.341 e. The normalized spacial score (nSPS) is 12.5. The maximum atomic E-state index is 12.5. The van der Waals surface area contributed by atoms with Crippen molar-refractivity contribution in [3.05, 3.63) is 87.8 Å². The molecule has 1 aliphatic rings. The summed E-state index contributed by atoms with van der Waals surface area (Å²) in [6, 6.07) is 17.5. The van der Waals surface area contributed by atoms with Crippen LogP contribution in [0, 0.1) is 0 Å². The molecule has 0 radical (unpaired) electrons. The topological polar surface area (TPSA) is 64.6 Å². The van der Waals surface area contributed by atoms with Crippen molar-refractivity contribution in [2.75, 3.05) is 11.9 Å². The molecule has 1 aromatic heterocycles. The molecule has 164 valence electrons. The van der Waals surface area contributed by atoms with Crippen molar-refractivity contribution in [3.8, 4) is 5.75 Å². The number of anilines is 1. The van der Waals surface area contributed by atoms with Gasteiger partial charge >= 0.3 is 5.97 Å². The van der Waals surface area contributed by atoms with E-state index in [9.17, 15) is 9.59 Å². The average molecular weight is 448 g/mol. The fourth-order valence-electron chi connectivity index (χ4n) is 3.65. The Hall–Kier alpha value is -3.38. The Morgan fingerprint density at radius 3 is 2.59 bits per heavy atom. The molecule has 4 rings (SSSR count). The number of ether oxygens (including phenoxy) is 2. The molecule has 0 saturated carbocycles. The third-order valence-electron chi connectivity index (χ3n) is 5.19. The summed E-state index contributed by atoms with van der Waals surface area (Å²) in [6.45, 7) is 2.59. The summed E-state index contributed by atoms with van der Waals surface area (Å²) in [5.41, 5.74) is 3.53. The molecule has 6 heteroatoms. The van der Waals surface area contributed by atoms with Crippen LogP contribution in [0.2, 0.25) is 0 Å². The van der Waals surface area contributed by atoms with Crippen LogP contribution < -0.4 is 10.1 Å². The summed E-state index contributed by atoms with van der Waals surface area (Å²) in [6.07, 6.45) is 6.04. The van der Waals surface area contributed by atoms with Gasteiger partial charge in [-0.2, -0.15) is 0 Å². The van der Waals surface area contributed by atoms with Crippen LogP contribution in [0.5, 0.6) is 5.75 Å². The van der Waals surface area contributed by atoms with E-state index < -0.39 is 0 Å². The van der Waals surface area contributed by atoms with Crippen LogP contribution in [0.4, 0.5) is 5.00 Å². The van der Waals surface area contributed by atoms with Crippen LogP contribution in [-0.4, -0.2) is 18.5 Å². The molecule has 0 bridgehead atoms. The lowest BCUT2D eigenvalue weighted by Crippen LogP contribution is -2.13. The number of amides is 1. The van der Waals surface area contributed by atoms with Gasteiger partial charge in [0.25, 0.3) is 0 Å². The molecule has 1 aliphatic carbocycles. The van der Waals surface area contributed by atoms with Crippen molar-refractivity contribution in [1.29, 1.82) is 0 Å². The van der Waals surface area contributed by atoms with Crippen molar-refractivity contribution in [1.82, 2.24) is 0 Å². The van der Waals surface area contributed by atoms with Crippen molar-refractivity contribution in [2.45, 2.75) is 32.8 Å². The molecule has 3 aromatic rings. The molecule has 5 nitrogen and oxygen atoms in total. The first-order chi connectivity index (χ1) is 15.6. The highest BCUT2D eigenvalue weighted by Gasteiger charge is 2.28. The Balaban J connectivity index is 1.37. The number of hydrogen-bond acceptors (Lipinski definition) is 5. The molecular formula is C26H25NO4S. The zero-order valence-corrected chi connectivity index (χ0v) is 18.7. The number of aryl methyl sites for hydroxylation is 1. The quantitative estimate of drug-likeness (QED) is 0.358. The lowest BCUT2D eigenvalue weighted by Gasteiger charge is -2.07. The zero-order valence-electron chi connectivity index (χ0n) is 17.9. The fourth-order valence-corrected chi connectivity index (χ4v) is 4.93. The van der Waals surface area contributed by atoms with Crippen molar-refractivity contribution >= 4 is 34.3 Å². The van der Waals surface area contributed by atoms with Crippen LogP contribution in [-0.2, 0) is 29.0 Å². The van der Waals surface area contributed by atoms with E-state index in [1.165, 1.54) is 22.3 Å². The second kappa shape index (κ2) is 10.3. The van der Waals surface area contributed by atoms with Gasteiger partial charge in [-0.1, -0.05) is 42.5 Å². The van der Waals surface area contributed by atoms with Gasteiger partial charge in [0.15, 0.2) is 0 Å². The highest BCUT2D eigenvalue weighted by Crippen LogP contribution is 2.39. The van der Waals surface area contributed by atoms with E-state index in [0.717, 1.165) is 41.7 Å². The van der Waals surface area contributed by atoms with Gasteiger partial charge in [0.05, 0.1) is 12.2 Å². The van der Waals surface area contributed by atoms with Crippen LogP contribution in [0.25, 0.3) is 6.08 Å². The van der Waals surface area contributed by atoms with Gasteiger partial charge in [0, 0.05) is 11.0 Å². The largest absolute Gasteiger partial charge is 0.489 e. The molecule has 2 aromatic carbocycles. The molecular weight excluding hydrogens is 422 g/mol. The highest BCUT2D eigenvalue weighted by molar-refractivity contribution is 7.17. The predicted octanol–water partition coefficient (Wildman–Crippen LogP) is 5.64. The van der Waals surface area contributed by atoms with Crippen molar-refractivity contribution < 1.29 is 19.1 Å². The van der Waals surface area contributed by atoms with Gasteiger partial charge in [-0.15, -0.1) is 11.3 Å². The van der Waals surface area contributed by atoms with Crippen LogP contribution >= 0.6 is 11.3 Å². The number of thiophene rings is 1. The predicted molar refractivity (Wildman–Crippen MR) is 127 cm³/mol. The molecule has 0 fully saturated rings. The monoisotopic (exact) mass is 447 g/mol. The van der Waals surface area contributed by atoms with E-state index in [0.29, 0.717) is 23.8 Å². The van der Waals surface area contributed by atoms with E-state index in [4.69, 9.17) is 9.47 Å². The number of carbonyl (C=O) groups excluding carboxylic acids is 2. The number of carbonyl (C=O) groups is 2. The number of esters is 1. The first-order valence-electron chi connectivity index (χ1n) is 10.7. The van der Waals surface area contributed by atoms with E-state index in [1.807, 2.05) is 54.6 Å². The van der Waals surface area contributed by atoms with Crippen molar-refractivity contribution in [3.63, 3.8) is 0 Å². The Bertz CT molecular complexity index is 1120. The van der Waals surface area contributed by atoms with Crippen LogP contribution in [0.3, 0.4) is 0 Å². The number of nitrogens with one attached hydrogen (secondary N) is 1. The first-order valence-corrected chi connectivity index (χ1v) is 11.5. The molecule has 1 N–H and O–H groups in total. The number of hydrogen-bond donors (Lipinski definition) is 1. The van der Waals surface area contributed by atoms with E-state index >= 15 is 0 Å². The van der Waals surface area contributed by atoms with E-state index in [1.54, 1.807) is 13.0 Å². The minimum Gasteiger partial charge on any atom is -0.489 e. The van der Waals surface area contributed by atoms with Gasteiger partial charge in [0.2, 0.25) is 5.91 Å². The number of fused-ring (bicyclic) bond motifs is 1. The van der Waals surface area contributed by atoms with Gasteiger partial charge in [-0.25, -0.2) is 4.79 Å². The maximum absolute atomic E-state index is 12.5. The summed E-state index contributed by atoms with van der Waals surface area (Å²) in [5, 5.41) is 3.44. The Labute approximate surface area is 191 Å². The summed E-state index contributed by atoms with van der Waals surface area (Å²) in [4.78, 5) is 26.1. The molecule has 0 unspecified atom stereocenters. The van der Waals surface area contributed by atoms with Crippen LogP contribution in [0.15, 0.2) is 60.7 Å². The molecule has 1 heterocycles. The number of rotatable bonds is 8. The summed E-state index contributed by atoms with van der Waals surface area (Å²) in [7, 11) is 0. The Kier molecular flexibility index (Phi) is 7.02. The standard InChI is InChI=1S/C26H25NO4S/c1-2-30-26(29)24-21-9-6-10-22(21)32-25(24)27-23(28)16-13-18-11-14-20(15-12-18)31-17-19-7-4-3-5-8-19/h3-5,7-8,11-16H,2,6,9-10,17H2,1H3,(H,27,28)/b16-13+. The molecule has 0 saturated heterocycles. The lowest BCUT2D eigenvalue weighted by molar-refractivity contribution is -0.111. The van der Waals surface area contributed by atoms with E-state index in [2.05, 4.69) is 5.32 Å². The molecule has 32 heavy (non-hydrogen) atoms. The van der Waals surface area contributed by atoms with Gasteiger partial charge < -0.3 is 14.8 Å². The van der Waals surface area contributed by atoms with Gasteiger partial charge in [0.1, 0.15) is 17.4 Å². The SMILES string of the molecule is CCOC(=O)c1c(NC(=O)/C=C/c2ccc(OCc3ccccc3)cc2)sc2c1CCC2. The average Bonchev–Trinajstić information content (AvgIpc) is 3.38. The first kappa shape index (κ1) is 21.8. The van der Waals surface area contributed by atoms with Gasteiger partial charge in [-0.05, 0) is 61.1 Å². The highest BCUT2D eigenvalue weighted by atomic mass is 32.1. The molecule has 1 amide bonds. The van der Waals surface area contributed by atoms with Crippen LogP contribution in [0.1, 0.15) is 45.3 Å². The minimum atomic E-state index is -0.364. The second-order valence-electron chi connectivity index (χ2n) is 7.45. The third-order valence-corrected chi connectivity index (χ3v) is 6.40. The Morgan fingerprint density at radius 1 is 1.06 bits per heavy atom. The van der Waals surface area contributed by atoms with Gasteiger partial charge in [-0.3, -0.25) is 4.79 Å². The minimum absolute atomic E-state index is 0.278.